The van der Waals surface area contributed by atoms with Crippen LogP contribution in [0.3, 0.4) is 0 Å². The molecule has 0 aliphatic rings. The van der Waals surface area contributed by atoms with E-state index in [9.17, 15) is 32.7 Å². The minimum absolute atomic E-state index is 0.0802. The molecule has 3 rings (SSSR count). The molecule has 2 N–H and O–H groups in total. The number of carbonyl (C=O) groups excluding carboxylic acids is 2. The summed E-state index contributed by atoms with van der Waals surface area (Å²) in [6.45, 7) is 0. The molecule has 166 valence electrons. The Balaban J connectivity index is 1.67. The normalized spacial score (nSPS) is 12.2. The number of imidazole rings is 1. The molecule has 1 atom stereocenters. The van der Waals surface area contributed by atoms with Crippen LogP contribution in [0.5, 0.6) is 0 Å². The Bertz CT molecular complexity index is 1140. The molecule has 0 saturated heterocycles. The van der Waals surface area contributed by atoms with Crippen LogP contribution < -0.4 is 5.32 Å². The molecule has 0 aliphatic heterocycles. The van der Waals surface area contributed by atoms with Gasteiger partial charge in [-0.1, -0.05) is 12.1 Å². The summed E-state index contributed by atoms with van der Waals surface area (Å²) in [4.78, 5) is 40.3. The number of nitrogens with one attached hydrogen (secondary N) is 1. The number of halogens is 3. The van der Waals surface area contributed by atoms with Gasteiger partial charge in [-0.15, -0.1) is 0 Å². The number of ketones is 1. The Morgan fingerprint density at radius 2 is 1.69 bits per heavy atom. The minimum Gasteiger partial charge on any atom is -0.481 e. The number of hydrogen-bond donors (Lipinski definition) is 2. The van der Waals surface area contributed by atoms with Crippen LogP contribution in [0.2, 0.25) is 0 Å². The molecule has 2 aromatic carbocycles. The van der Waals surface area contributed by atoms with Crippen molar-refractivity contribution in [1.82, 2.24) is 9.55 Å². The van der Waals surface area contributed by atoms with E-state index in [4.69, 9.17) is 0 Å². The van der Waals surface area contributed by atoms with Gasteiger partial charge in [-0.05, 0) is 42.0 Å². The first-order valence-electron chi connectivity index (χ1n) is 9.38. The molecule has 1 heterocycles. The van der Waals surface area contributed by atoms with E-state index in [0.29, 0.717) is 11.3 Å². The van der Waals surface area contributed by atoms with E-state index in [1.54, 1.807) is 17.8 Å². The second kappa shape index (κ2) is 9.04. The molecule has 3 aromatic rings. The van der Waals surface area contributed by atoms with Gasteiger partial charge in [-0.25, -0.2) is 4.98 Å². The van der Waals surface area contributed by atoms with Gasteiger partial charge in [-0.2, -0.15) is 13.2 Å². The van der Waals surface area contributed by atoms with Crippen LogP contribution in [-0.4, -0.2) is 32.3 Å². The lowest BCUT2D eigenvalue weighted by Crippen LogP contribution is -2.21. The third kappa shape index (κ3) is 5.20. The topological polar surface area (TPSA) is 101 Å². The Morgan fingerprint density at radius 1 is 1.06 bits per heavy atom. The third-order valence-electron chi connectivity index (χ3n) is 4.78. The number of carboxylic acids is 1. The zero-order valence-corrected chi connectivity index (χ0v) is 16.8. The van der Waals surface area contributed by atoms with Crippen molar-refractivity contribution in [3.05, 3.63) is 83.4 Å². The first-order chi connectivity index (χ1) is 15.1. The number of hydrogen-bond acceptors (Lipinski definition) is 4. The molecular formula is C22H18F3N3O4. The predicted octanol–water partition coefficient (Wildman–Crippen LogP) is 3.87. The summed E-state index contributed by atoms with van der Waals surface area (Å²) in [6.07, 6.45) is -1.89. The molecule has 0 aliphatic carbocycles. The van der Waals surface area contributed by atoms with Gasteiger partial charge in [-0.3, -0.25) is 14.4 Å². The van der Waals surface area contributed by atoms with E-state index in [-0.39, 0.29) is 17.2 Å². The Morgan fingerprint density at radius 3 is 2.19 bits per heavy atom. The summed E-state index contributed by atoms with van der Waals surface area (Å²) in [6, 6.07) is 9.62. The van der Waals surface area contributed by atoms with Crippen LogP contribution >= 0.6 is 0 Å². The summed E-state index contributed by atoms with van der Waals surface area (Å²) in [5.41, 5.74) is -0.139. The fourth-order valence-corrected chi connectivity index (χ4v) is 3.07. The lowest BCUT2D eigenvalue weighted by molar-refractivity contribution is -0.140. The lowest BCUT2D eigenvalue weighted by atomic mass is 9.94. The van der Waals surface area contributed by atoms with E-state index in [0.717, 1.165) is 24.3 Å². The van der Waals surface area contributed by atoms with Crippen molar-refractivity contribution in [2.75, 3.05) is 5.32 Å². The van der Waals surface area contributed by atoms with Gasteiger partial charge in [0.05, 0.1) is 11.5 Å². The van der Waals surface area contributed by atoms with Gasteiger partial charge >= 0.3 is 12.1 Å². The molecule has 10 heteroatoms. The highest BCUT2D eigenvalue weighted by Gasteiger charge is 2.31. The zero-order chi connectivity index (χ0) is 23.5. The molecule has 0 spiro atoms. The largest absolute Gasteiger partial charge is 0.481 e. The second-order valence-electron chi connectivity index (χ2n) is 7.03. The first-order valence-corrected chi connectivity index (χ1v) is 9.38. The van der Waals surface area contributed by atoms with Crippen molar-refractivity contribution >= 4 is 23.3 Å². The molecule has 1 unspecified atom stereocenters. The van der Waals surface area contributed by atoms with Crippen molar-refractivity contribution in [1.29, 1.82) is 0 Å². The Hall–Kier alpha value is -3.95. The molecule has 7 nitrogen and oxygen atoms in total. The molecule has 1 aromatic heterocycles. The fourth-order valence-electron chi connectivity index (χ4n) is 3.07. The molecule has 0 bridgehead atoms. The number of benzene rings is 2. The number of alkyl halides is 3. The van der Waals surface area contributed by atoms with Gasteiger partial charge in [0.15, 0.2) is 5.82 Å². The number of aromatic nitrogens is 2. The van der Waals surface area contributed by atoms with Crippen molar-refractivity contribution in [2.45, 2.75) is 18.5 Å². The van der Waals surface area contributed by atoms with Crippen LogP contribution in [0.25, 0.3) is 0 Å². The highest BCUT2D eigenvalue weighted by atomic mass is 19.4. The number of aryl methyl sites for hydroxylation is 1. The van der Waals surface area contributed by atoms with Gasteiger partial charge < -0.3 is 15.0 Å². The van der Waals surface area contributed by atoms with Gasteiger partial charge in [0.2, 0.25) is 11.7 Å². The number of rotatable bonds is 7. The Labute approximate surface area is 180 Å². The van der Waals surface area contributed by atoms with Gasteiger partial charge in [0, 0.05) is 37.1 Å². The van der Waals surface area contributed by atoms with E-state index in [1.807, 2.05) is 0 Å². The number of nitrogens with zero attached hydrogens (tertiary/aromatic N) is 2. The smallest absolute Gasteiger partial charge is 0.416 e. The molecule has 32 heavy (non-hydrogen) atoms. The second-order valence-corrected chi connectivity index (χ2v) is 7.03. The molecule has 0 saturated carbocycles. The van der Waals surface area contributed by atoms with E-state index < -0.39 is 36.0 Å². The summed E-state index contributed by atoms with van der Waals surface area (Å²) < 4.78 is 39.7. The number of carboxylic acid groups (broad SMARTS) is 1. The average molecular weight is 445 g/mol. The van der Waals surface area contributed by atoms with E-state index in [2.05, 4.69) is 10.3 Å². The van der Waals surface area contributed by atoms with Crippen LogP contribution in [0.1, 0.15) is 39.6 Å². The van der Waals surface area contributed by atoms with Crippen LogP contribution in [0, 0.1) is 0 Å². The monoisotopic (exact) mass is 445 g/mol. The average Bonchev–Trinajstić information content (AvgIpc) is 3.17. The summed E-state index contributed by atoms with van der Waals surface area (Å²) in [5.74, 6) is -3.34. The van der Waals surface area contributed by atoms with Gasteiger partial charge in [0.25, 0.3) is 0 Å². The third-order valence-corrected chi connectivity index (χ3v) is 4.78. The highest BCUT2D eigenvalue weighted by molar-refractivity contribution is 6.07. The quantitative estimate of drug-likeness (QED) is 0.538. The highest BCUT2D eigenvalue weighted by Crippen LogP contribution is 2.31. The van der Waals surface area contributed by atoms with Crippen molar-refractivity contribution in [2.24, 2.45) is 7.05 Å². The van der Waals surface area contributed by atoms with Gasteiger partial charge in [0.1, 0.15) is 0 Å². The van der Waals surface area contributed by atoms with Crippen LogP contribution in [0.15, 0.2) is 60.9 Å². The molecule has 1 amide bonds. The molecular weight excluding hydrogens is 427 g/mol. The molecule has 0 fully saturated rings. The SMILES string of the molecule is Cn1ccnc1C(=O)c1ccc(NC(=O)CC(C(=O)O)c2ccc(C(F)(F)F)cc2)cc1. The first kappa shape index (κ1) is 22.7. The predicted molar refractivity (Wildman–Crippen MR) is 108 cm³/mol. The number of amides is 1. The fraction of sp³-hybridized carbons (Fsp3) is 0.182. The van der Waals surface area contributed by atoms with E-state index >= 15 is 0 Å². The van der Waals surface area contributed by atoms with Crippen LogP contribution in [-0.2, 0) is 22.8 Å². The van der Waals surface area contributed by atoms with Crippen molar-refractivity contribution in [3.63, 3.8) is 0 Å². The molecule has 0 radical (unpaired) electrons. The summed E-state index contributed by atoms with van der Waals surface area (Å²) >= 11 is 0. The maximum atomic E-state index is 12.7. The van der Waals surface area contributed by atoms with Crippen molar-refractivity contribution < 1.29 is 32.7 Å². The van der Waals surface area contributed by atoms with Crippen LogP contribution in [0.4, 0.5) is 18.9 Å². The minimum atomic E-state index is -4.54. The Kier molecular flexibility index (Phi) is 6.42. The maximum absolute atomic E-state index is 12.7. The number of aliphatic carboxylic acids is 1. The standard InChI is InChI=1S/C22H18F3N3O4/c1-28-11-10-26-20(28)19(30)14-4-8-16(9-5-14)27-18(29)12-17(21(31)32)13-2-6-15(7-3-13)22(23,24)25/h2-11,17H,12H2,1H3,(H,27,29)(H,31,32). The number of anilines is 1. The van der Waals surface area contributed by atoms with Crippen molar-refractivity contribution in [3.8, 4) is 0 Å². The zero-order valence-electron chi connectivity index (χ0n) is 16.8. The lowest BCUT2D eigenvalue weighted by Gasteiger charge is -2.14. The summed E-state index contributed by atoms with van der Waals surface area (Å²) in [5, 5.41) is 12.0. The maximum Gasteiger partial charge on any atom is 0.416 e. The van der Waals surface area contributed by atoms with E-state index in [1.165, 1.54) is 30.5 Å². The summed E-state index contributed by atoms with van der Waals surface area (Å²) in [7, 11) is 1.68. The number of carbonyl (C=O) groups is 3.